The maximum Gasteiger partial charge on any atom is 0.348 e. The summed E-state index contributed by atoms with van der Waals surface area (Å²) in [7, 11) is 0. The average molecular weight is 179 g/mol. The van der Waals surface area contributed by atoms with Gasteiger partial charge in [0.15, 0.2) is 0 Å². The van der Waals surface area contributed by atoms with Crippen LogP contribution in [0.4, 0.5) is 4.53 Å². The Hall–Kier alpha value is -0.640. The van der Waals surface area contributed by atoms with Gasteiger partial charge in [-0.3, -0.25) is 4.94 Å². The van der Waals surface area contributed by atoms with E-state index in [4.69, 9.17) is 0 Å². The molecule has 0 amide bonds. The zero-order chi connectivity index (χ0) is 8.53. The first-order chi connectivity index (χ1) is 5.31. The van der Waals surface area contributed by atoms with Crippen LogP contribution in [0.15, 0.2) is 0 Å². The minimum Gasteiger partial charge on any atom is -0.344 e. The van der Waals surface area contributed by atoms with Gasteiger partial charge in [-0.05, 0) is 6.42 Å². The highest BCUT2D eigenvalue weighted by Crippen LogP contribution is 2.05. The van der Waals surface area contributed by atoms with Gasteiger partial charge in [0, 0.05) is 10.9 Å². The van der Waals surface area contributed by atoms with E-state index in [0.717, 1.165) is 19.3 Å². The fourth-order valence-corrected chi connectivity index (χ4v) is 0.911. The third-order valence-electron chi connectivity index (χ3n) is 1.57. The summed E-state index contributed by atoms with van der Waals surface area (Å²) in [4.78, 5) is 13.3. The number of unbranched alkanes of at least 4 members (excludes halogenated alkanes) is 4. The molecule has 0 fully saturated rings. The largest absolute Gasteiger partial charge is 0.348 e. The van der Waals surface area contributed by atoms with Crippen LogP contribution >= 0.6 is 0 Å². The molecule has 3 nitrogen and oxygen atoms in total. The van der Waals surface area contributed by atoms with Crippen LogP contribution in [-0.2, 0) is 9.74 Å². The average Bonchev–Trinajstić information content (AvgIpc) is 2.04. The molecule has 0 aliphatic carbocycles. The number of carbonyl (C=O) groups is 1. The smallest absolute Gasteiger partial charge is 0.344 e. The Labute approximate surface area is 72.8 Å². The zero-order valence-corrected chi connectivity index (χ0v) is 7.64. The standard InChI is InChI=1S/C8H15FO2.H3N/c1-2-3-4-5-6-7-8(10)11-9;/h2-7H2,1H3;1H3. The monoisotopic (exact) mass is 179 g/mol. The SMILES string of the molecule is CCCCCCCC(=O)OF.N. The lowest BCUT2D eigenvalue weighted by molar-refractivity contribution is -0.183. The van der Waals surface area contributed by atoms with Gasteiger partial charge in [-0.25, -0.2) is 4.79 Å². The first-order valence-corrected chi connectivity index (χ1v) is 4.12. The highest BCUT2D eigenvalue weighted by atomic mass is 19.3. The molecule has 0 saturated carbocycles. The molecule has 0 bridgehead atoms. The van der Waals surface area contributed by atoms with Crippen LogP contribution in [0, 0.1) is 0 Å². The second kappa shape index (κ2) is 10.4. The Morgan fingerprint density at radius 2 is 1.83 bits per heavy atom. The number of hydrogen-bond acceptors (Lipinski definition) is 3. The number of halogens is 1. The number of hydrogen-bond donors (Lipinski definition) is 1. The van der Waals surface area contributed by atoms with Gasteiger partial charge in [0.2, 0.25) is 0 Å². The normalized spacial score (nSPS) is 8.83. The Balaban J connectivity index is 0. The van der Waals surface area contributed by atoms with Gasteiger partial charge in [0.25, 0.3) is 0 Å². The van der Waals surface area contributed by atoms with Crippen molar-refractivity contribution in [1.82, 2.24) is 6.15 Å². The van der Waals surface area contributed by atoms with E-state index < -0.39 is 5.97 Å². The Morgan fingerprint density at radius 1 is 1.25 bits per heavy atom. The maximum absolute atomic E-state index is 11.1. The van der Waals surface area contributed by atoms with Crippen LogP contribution in [0.2, 0.25) is 0 Å². The second-order valence-electron chi connectivity index (χ2n) is 2.61. The molecule has 4 heteroatoms. The summed E-state index contributed by atoms with van der Waals surface area (Å²) in [6.45, 7) is 2.12. The molecule has 0 saturated heterocycles. The van der Waals surface area contributed by atoms with Gasteiger partial charge in [0.1, 0.15) is 0 Å². The fourth-order valence-electron chi connectivity index (χ4n) is 0.911. The van der Waals surface area contributed by atoms with E-state index in [1.807, 2.05) is 0 Å². The lowest BCUT2D eigenvalue weighted by Gasteiger charge is -1.96. The van der Waals surface area contributed by atoms with Crippen LogP contribution in [0.25, 0.3) is 0 Å². The highest BCUT2D eigenvalue weighted by Gasteiger charge is 2.00. The minimum absolute atomic E-state index is 0. The van der Waals surface area contributed by atoms with Crippen molar-refractivity contribution in [1.29, 1.82) is 0 Å². The van der Waals surface area contributed by atoms with Gasteiger partial charge in [-0.2, -0.15) is 0 Å². The summed E-state index contributed by atoms with van der Waals surface area (Å²) in [6.07, 6.45) is 5.42. The van der Waals surface area contributed by atoms with Crippen molar-refractivity contribution >= 4 is 5.97 Å². The van der Waals surface area contributed by atoms with Crippen molar-refractivity contribution in [3.8, 4) is 0 Å². The lowest BCUT2D eigenvalue weighted by Crippen LogP contribution is -1.96. The molecule has 0 aromatic heterocycles. The molecule has 3 N–H and O–H groups in total. The number of rotatable bonds is 6. The van der Waals surface area contributed by atoms with Crippen molar-refractivity contribution in [2.75, 3.05) is 0 Å². The second-order valence-corrected chi connectivity index (χ2v) is 2.61. The molecule has 12 heavy (non-hydrogen) atoms. The van der Waals surface area contributed by atoms with E-state index in [2.05, 4.69) is 11.9 Å². The predicted octanol–water partition coefficient (Wildman–Crippen LogP) is 2.94. The van der Waals surface area contributed by atoms with Crippen molar-refractivity contribution in [2.45, 2.75) is 45.4 Å². The van der Waals surface area contributed by atoms with Crippen LogP contribution < -0.4 is 6.15 Å². The molecule has 0 aliphatic heterocycles. The maximum atomic E-state index is 11.1. The molecule has 0 heterocycles. The third-order valence-corrected chi connectivity index (χ3v) is 1.57. The molecule has 0 rings (SSSR count). The molecule has 0 unspecified atom stereocenters. The van der Waals surface area contributed by atoms with Gasteiger partial charge in [-0.15, -0.1) is 0 Å². The molecule has 0 spiro atoms. The summed E-state index contributed by atoms with van der Waals surface area (Å²) in [5.74, 6) is -0.749. The van der Waals surface area contributed by atoms with E-state index in [1.54, 1.807) is 0 Å². The molecule has 0 aromatic carbocycles. The predicted molar refractivity (Wildman–Crippen MR) is 45.6 cm³/mol. The quantitative estimate of drug-likeness (QED) is 0.637. The summed E-state index contributed by atoms with van der Waals surface area (Å²) in [5, 5.41) is 0. The van der Waals surface area contributed by atoms with Crippen molar-refractivity contribution in [3.05, 3.63) is 0 Å². The Bertz CT molecular complexity index is 109. The first kappa shape index (κ1) is 13.9. The van der Waals surface area contributed by atoms with Gasteiger partial charge < -0.3 is 6.15 Å². The van der Waals surface area contributed by atoms with E-state index >= 15 is 0 Å². The van der Waals surface area contributed by atoms with E-state index in [0.29, 0.717) is 0 Å². The summed E-state index contributed by atoms with van der Waals surface area (Å²) in [5.41, 5.74) is 0. The van der Waals surface area contributed by atoms with E-state index in [1.165, 1.54) is 12.8 Å². The summed E-state index contributed by atoms with van der Waals surface area (Å²) >= 11 is 0. The Morgan fingerprint density at radius 3 is 2.33 bits per heavy atom. The lowest BCUT2D eigenvalue weighted by atomic mass is 10.1. The van der Waals surface area contributed by atoms with E-state index in [9.17, 15) is 9.32 Å². The molecule has 0 radical (unpaired) electrons. The fraction of sp³-hybridized carbons (Fsp3) is 0.875. The van der Waals surface area contributed by atoms with Crippen molar-refractivity contribution < 1.29 is 14.3 Å². The third kappa shape index (κ3) is 9.36. The van der Waals surface area contributed by atoms with Crippen LogP contribution in [0.5, 0.6) is 0 Å². The molecule has 0 atom stereocenters. The first-order valence-electron chi connectivity index (χ1n) is 4.12. The molecular weight excluding hydrogens is 161 g/mol. The number of carbonyl (C=O) groups excluding carboxylic acids is 1. The van der Waals surface area contributed by atoms with Crippen molar-refractivity contribution in [2.24, 2.45) is 0 Å². The summed E-state index contributed by atoms with van der Waals surface area (Å²) < 4.78 is 11.1. The molecule has 74 valence electrons. The molecule has 0 aromatic rings. The zero-order valence-electron chi connectivity index (χ0n) is 7.64. The van der Waals surface area contributed by atoms with Crippen LogP contribution in [-0.4, -0.2) is 5.97 Å². The van der Waals surface area contributed by atoms with Crippen LogP contribution in [0.3, 0.4) is 0 Å². The van der Waals surface area contributed by atoms with Crippen LogP contribution in [0.1, 0.15) is 45.4 Å². The topological polar surface area (TPSA) is 61.3 Å². The van der Waals surface area contributed by atoms with Crippen molar-refractivity contribution in [3.63, 3.8) is 0 Å². The van der Waals surface area contributed by atoms with E-state index in [-0.39, 0.29) is 12.6 Å². The highest BCUT2D eigenvalue weighted by molar-refractivity contribution is 5.68. The molecular formula is C8H18FNO2. The van der Waals surface area contributed by atoms with Gasteiger partial charge in [0.05, 0.1) is 0 Å². The Kier molecular flexibility index (Phi) is 12.0. The van der Waals surface area contributed by atoms with Gasteiger partial charge >= 0.3 is 5.97 Å². The summed E-state index contributed by atoms with van der Waals surface area (Å²) in [6, 6.07) is 0. The minimum atomic E-state index is -0.749. The molecule has 0 aliphatic rings. The van der Waals surface area contributed by atoms with Gasteiger partial charge in [-0.1, -0.05) is 32.6 Å².